The molecular formula is C58H112O6. The Kier molecular flexibility index (Phi) is 49.6. The summed E-state index contributed by atoms with van der Waals surface area (Å²) < 4.78 is 16.9. The Bertz CT molecular complexity index is 978. The van der Waals surface area contributed by atoms with Crippen molar-refractivity contribution < 1.29 is 28.6 Å². The van der Waals surface area contributed by atoms with Crippen LogP contribution in [-0.4, -0.2) is 37.2 Å². The molecule has 0 amide bonds. The largest absolute Gasteiger partial charge is 0.462 e. The van der Waals surface area contributed by atoms with Gasteiger partial charge in [-0.1, -0.05) is 285 Å². The van der Waals surface area contributed by atoms with Crippen LogP contribution in [0.3, 0.4) is 0 Å². The van der Waals surface area contributed by atoms with Gasteiger partial charge in [-0.2, -0.15) is 0 Å². The summed E-state index contributed by atoms with van der Waals surface area (Å²) in [5.74, 6) is 0.836. The van der Waals surface area contributed by atoms with E-state index in [9.17, 15) is 14.4 Å². The Morgan fingerprint density at radius 3 is 0.766 bits per heavy atom. The van der Waals surface area contributed by atoms with Crippen LogP contribution >= 0.6 is 0 Å². The van der Waals surface area contributed by atoms with Crippen molar-refractivity contribution in [2.75, 3.05) is 13.2 Å². The Morgan fingerprint density at radius 1 is 0.297 bits per heavy atom. The van der Waals surface area contributed by atoms with Gasteiger partial charge in [-0.25, -0.2) is 0 Å². The number of unbranched alkanes of at least 4 members (excludes halogenated alkanes) is 37. The molecule has 0 fully saturated rings. The van der Waals surface area contributed by atoms with E-state index in [1.165, 1.54) is 212 Å². The Labute approximate surface area is 399 Å². The smallest absolute Gasteiger partial charge is 0.306 e. The summed E-state index contributed by atoms with van der Waals surface area (Å²) in [4.78, 5) is 38.1. The molecule has 0 radical (unpaired) electrons. The van der Waals surface area contributed by atoms with Crippen LogP contribution in [0.2, 0.25) is 0 Å². The summed E-state index contributed by atoms with van der Waals surface area (Å²) in [5.41, 5.74) is 0. The van der Waals surface area contributed by atoms with Crippen molar-refractivity contribution >= 4 is 17.9 Å². The highest BCUT2D eigenvalue weighted by atomic mass is 16.6. The number of esters is 3. The summed E-state index contributed by atoms with van der Waals surface area (Å²) in [6.45, 7) is 11.4. The molecule has 1 atom stereocenters. The molecule has 0 heterocycles. The second kappa shape index (κ2) is 50.8. The zero-order valence-electron chi connectivity index (χ0n) is 43.9. The third kappa shape index (κ3) is 51.4. The van der Waals surface area contributed by atoms with Crippen LogP contribution in [0.15, 0.2) is 0 Å². The van der Waals surface area contributed by atoms with Gasteiger partial charge >= 0.3 is 17.9 Å². The van der Waals surface area contributed by atoms with Gasteiger partial charge in [0.05, 0.1) is 0 Å². The maximum absolute atomic E-state index is 12.8. The standard InChI is InChI=1S/C58H112O6/c1-6-7-8-9-10-11-12-22-28-33-38-43-48-56(59)62-51-55(52-63-57(60)49-44-39-34-29-25-24-27-32-37-42-47-54(4)5)64-58(61)50-45-40-35-30-23-20-18-16-14-13-15-17-19-21-26-31-36-41-46-53(2)3/h53-55H,6-52H2,1-5H3/t55-/m1/s1. The van der Waals surface area contributed by atoms with Gasteiger partial charge in [-0.3, -0.25) is 14.4 Å². The molecule has 0 aliphatic heterocycles. The molecular weight excluding hydrogens is 793 g/mol. The second-order valence-corrected chi connectivity index (χ2v) is 20.9. The molecule has 6 nitrogen and oxygen atoms in total. The highest BCUT2D eigenvalue weighted by molar-refractivity contribution is 5.71. The normalized spacial score (nSPS) is 12.0. The van der Waals surface area contributed by atoms with E-state index in [4.69, 9.17) is 14.2 Å². The van der Waals surface area contributed by atoms with Gasteiger partial charge in [0, 0.05) is 19.3 Å². The molecule has 0 unspecified atom stereocenters. The van der Waals surface area contributed by atoms with Crippen molar-refractivity contribution in [2.45, 2.75) is 330 Å². The first-order valence-corrected chi connectivity index (χ1v) is 28.7. The first-order valence-electron chi connectivity index (χ1n) is 28.7. The average Bonchev–Trinajstić information content (AvgIpc) is 3.27. The molecule has 64 heavy (non-hydrogen) atoms. The average molecular weight is 906 g/mol. The highest BCUT2D eigenvalue weighted by Crippen LogP contribution is 2.18. The topological polar surface area (TPSA) is 78.9 Å². The lowest BCUT2D eigenvalue weighted by Crippen LogP contribution is -2.30. The zero-order chi connectivity index (χ0) is 46.8. The lowest BCUT2D eigenvalue weighted by Gasteiger charge is -2.18. The van der Waals surface area contributed by atoms with Crippen molar-refractivity contribution in [1.82, 2.24) is 0 Å². The quantitative estimate of drug-likeness (QED) is 0.0344. The molecule has 0 aromatic rings. The molecule has 6 heteroatoms. The number of hydrogen-bond acceptors (Lipinski definition) is 6. The van der Waals surface area contributed by atoms with Gasteiger partial charge in [-0.05, 0) is 31.1 Å². The number of hydrogen-bond donors (Lipinski definition) is 0. The molecule has 0 aliphatic rings. The molecule has 0 N–H and O–H groups in total. The van der Waals surface area contributed by atoms with E-state index in [2.05, 4.69) is 34.6 Å². The van der Waals surface area contributed by atoms with Crippen molar-refractivity contribution in [3.8, 4) is 0 Å². The van der Waals surface area contributed by atoms with E-state index in [0.717, 1.165) is 69.6 Å². The Morgan fingerprint density at radius 2 is 0.516 bits per heavy atom. The summed E-state index contributed by atoms with van der Waals surface area (Å²) >= 11 is 0. The minimum absolute atomic E-state index is 0.0629. The minimum atomic E-state index is -0.762. The predicted octanol–water partition coefficient (Wildman–Crippen LogP) is 18.9. The van der Waals surface area contributed by atoms with E-state index in [1.807, 2.05) is 0 Å². The second-order valence-electron chi connectivity index (χ2n) is 20.9. The van der Waals surface area contributed by atoms with Crippen LogP contribution in [0, 0.1) is 11.8 Å². The van der Waals surface area contributed by atoms with Crippen LogP contribution in [0.5, 0.6) is 0 Å². The molecule has 0 rings (SSSR count). The van der Waals surface area contributed by atoms with E-state index in [0.29, 0.717) is 19.3 Å². The van der Waals surface area contributed by atoms with Crippen molar-refractivity contribution in [3.63, 3.8) is 0 Å². The predicted molar refractivity (Wildman–Crippen MR) is 275 cm³/mol. The van der Waals surface area contributed by atoms with Crippen LogP contribution in [-0.2, 0) is 28.6 Å². The molecule has 0 saturated heterocycles. The van der Waals surface area contributed by atoms with Crippen LogP contribution in [0.4, 0.5) is 0 Å². The molecule has 380 valence electrons. The number of rotatable bonds is 52. The maximum atomic E-state index is 12.8. The van der Waals surface area contributed by atoms with E-state index in [-0.39, 0.29) is 31.1 Å². The lowest BCUT2D eigenvalue weighted by molar-refractivity contribution is -0.167. The van der Waals surface area contributed by atoms with E-state index in [1.54, 1.807) is 0 Å². The molecule has 0 bridgehead atoms. The summed E-state index contributed by atoms with van der Waals surface area (Å²) in [5, 5.41) is 0. The van der Waals surface area contributed by atoms with Gasteiger partial charge in [0.1, 0.15) is 13.2 Å². The van der Waals surface area contributed by atoms with Crippen molar-refractivity contribution in [1.29, 1.82) is 0 Å². The number of ether oxygens (including phenoxy) is 3. The fourth-order valence-corrected chi connectivity index (χ4v) is 8.87. The zero-order valence-corrected chi connectivity index (χ0v) is 43.9. The molecule has 0 aliphatic carbocycles. The summed E-state index contributed by atoms with van der Waals surface area (Å²) in [7, 11) is 0. The van der Waals surface area contributed by atoms with E-state index >= 15 is 0 Å². The van der Waals surface area contributed by atoms with Crippen molar-refractivity contribution in [2.24, 2.45) is 11.8 Å². The van der Waals surface area contributed by atoms with Crippen LogP contribution in [0.25, 0.3) is 0 Å². The third-order valence-electron chi connectivity index (χ3n) is 13.2. The highest BCUT2D eigenvalue weighted by Gasteiger charge is 2.19. The first kappa shape index (κ1) is 62.4. The Hall–Kier alpha value is -1.59. The van der Waals surface area contributed by atoms with Crippen molar-refractivity contribution in [3.05, 3.63) is 0 Å². The van der Waals surface area contributed by atoms with Gasteiger partial charge < -0.3 is 14.2 Å². The summed E-state index contributed by atoms with van der Waals surface area (Å²) in [6.07, 6.45) is 53.8. The first-order chi connectivity index (χ1) is 31.2. The minimum Gasteiger partial charge on any atom is -0.462 e. The van der Waals surface area contributed by atoms with Gasteiger partial charge in [-0.15, -0.1) is 0 Å². The SMILES string of the molecule is CCCCCCCCCCCCCCC(=O)OC[C@H](COC(=O)CCCCCCCCCCCCC(C)C)OC(=O)CCCCCCCCCCCCCCCCCCCCC(C)C. The number of carbonyl (C=O) groups excluding carboxylic acids is 3. The summed E-state index contributed by atoms with van der Waals surface area (Å²) in [6, 6.07) is 0. The fourth-order valence-electron chi connectivity index (χ4n) is 8.87. The van der Waals surface area contributed by atoms with Crippen LogP contribution < -0.4 is 0 Å². The van der Waals surface area contributed by atoms with Gasteiger partial charge in [0.2, 0.25) is 0 Å². The molecule has 0 aromatic heterocycles. The monoisotopic (exact) mass is 905 g/mol. The molecule has 0 spiro atoms. The lowest BCUT2D eigenvalue weighted by atomic mass is 10.0. The van der Waals surface area contributed by atoms with E-state index < -0.39 is 6.10 Å². The number of carbonyl (C=O) groups is 3. The van der Waals surface area contributed by atoms with Gasteiger partial charge in [0.15, 0.2) is 6.10 Å². The maximum Gasteiger partial charge on any atom is 0.306 e. The Balaban J connectivity index is 4.24. The molecule has 0 aromatic carbocycles. The van der Waals surface area contributed by atoms with Gasteiger partial charge in [0.25, 0.3) is 0 Å². The fraction of sp³-hybridized carbons (Fsp3) is 0.948. The third-order valence-corrected chi connectivity index (χ3v) is 13.2. The molecule has 0 saturated carbocycles. The van der Waals surface area contributed by atoms with Crippen LogP contribution in [0.1, 0.15) is 324 Å².